The number of carbonyl (C=O) groups is 1. The summed E-state index contributed by atoms with van der Waals surface area (Å²) in [5, 5.41) is 2.88. The molecule has 3 atom stereocenters. The van der Waals surface area contributed by atoms with Crippen LogP contribution >= 0.6 is 0 Å². The maximum absolute atomic E-state index is 11.1. The maximum atomic E-state index is 11.1. The number of ether oxygens (including phenoxy) is 2. The topological polar surface area (TPSA) is 47.6 Å². The standard InChI is InChI=1S/C12H21NO3/c1-6-7-10(13-9(3)14)11-8(2)15-12(4,5)16-11/h6,8,10-11H,1,7H2,2-5H3,(H,13,14)/t8-,10-,11+/m0/s1. The van der Waals surface area contributed by atoms with Crippen molar-refractivity contribution in [1.82, 2.24) is 5.32 Å². The monoisotopic (exact) mass is 227 g/mol. The number of hydrogen-bond donors (Lipinski definition) is 1. The fraction of sp³-hybridized carbons (Fsp3) is 0.750. The molecule has 0 saturated carbocycles. The molecule has 1 heterocycles. The Morgan fingerprint density at radius 2 is 2.19 bits per heavy atom. The Kier molecular flexibility index (Phi) is 4.10. The number of nitrogens with one attached hydrogen (secondary N) is 1. The van der Waals surface area contributed by atoms with Crippen molar-refractivity contribution < 1.29 is 14.3 Å². The second-order valence-corrected chi connectivity index (χ2v) is 4.64. The first-order valence-electron chi connectivity index (χ1n) is 5.59. The van der Waals surface area contributed by atoms with E-state index >= 15 is 0 Å². The van der Waals surface area contributed by atoms with Crippen LogP contribution in [0.2, 0.25) is 0 Å². The Hall–Kier alpha value is -0.870. The highest BCUT2D eigenvalue weighted by Gasteiger charge is 2.42. The van der Waals surface area contributed by atoms with Gasteiger partial charge in [0.05, 0.1) is 12.1 Å². The molecule has 1 fully saturated rings. The molecule has 0 aromatic rings. The van der Waals surface area contributed by atoms with Gasteiger partial charge in [-0.2, -0.15) is 0 Å². The van der Waals surface area contributed by atoms with Crippen LogP contribution in [0.5, 0.6) is 0 Å². The van der Waals surface area contributed by atoms with Crippen LogP contribution in [0.15, 0.2) is 12.7 Å². The van der Waals surface area contributed by atoms with Gasteiger partial charge in [-0.05, 0) is 27.2 Å². The van der Waals surface area contributed by atoms with Gasteiger partial charge in [0, 0.05) is 6.92 Å². The molecule has 0 aromatic carbocycles. The summed E-state index contributed by atoms with van der Waals surface area (Å²) in [6, 6.07) is -0.0771. The van der Waals surface area contributed by atoms with Crippen LogP contribution in [-0.2, 0) is 14.3 Å². The van der Waals surface area contributed by atoms with Gasteiger partial charge in [-0.25, -0.2) is 0 Å². The van der Waals surface area contributed by atoms with Gasteiger partial charge in [-0.1, -0.05) is 6.08 Å². The van der Waals surface area contributed by atoms with Crippen LogP contribution < -0.4 is 5.32 Å². The fourth-order valence-corrected chi connectivity index (χ4v) is 2.09. The van der Waals surface area contributed by atoms with E-state index in [2.05, 4.69) is 11.9 Å². The number of rotatable bonds is 4. The summed E-state index contributed by atoms with van der Waals surface area (Å²) in [4.78, 5) is 11.1. The van der Waals surface area contributed by atoms with Crippen LogP contribution in [-0.4, -0.2) is 29.9 Å². The van der Waals surface area contributed by atoms with Gasteiger partial charge < -0.3 is 14.8 Å². The molecule has 4 heteroatoms. The largest absolute Gasteiger partial charge is 0.351 e. The predicted molar refractivity (Wildman–Crippen MR) is 61.9 cm³/mol. The molecule has 1 N–H and O–H groups in total. The van der Waals surface area contributed by atoms with Gasteiger partial charge in [0.25, 0.3) is 0 Å². The van der Waals surface area contributed by atoms with E-state index in [-0.39, 0.29) is 24.2 Å². The van der Waals surface area contributed by atoms with Gasteiger partial charge in [0.2, 0.25) is 5.91 Å². The van der Waals surface area contributed by atoms with Crippen molar-refractivity contribution in [1.29, 1.82) is 0 Å². The van der Waals surface area contributed by atoms with Crippen LogP contribution in [0.3, 0.4) is 0 Å². The fourth-order valence-electron chi connectivity index (χ4n) is 2.09. The molecule has 0 unspecified atom stereocenters. The quantitative estimate of drug-likeness (QED) is 0.742. The van der Waals surface area contributed by atoms with Crippen molar-refractivity contribution in [3.63, 3.8) is 0 Å². The molecule has 0 spiro atoms. The molecule has 92 valence electrons. The van der Waals surface area contributed by atoms with Crippen molar-refractivity contribution in [3.8, 4) is 0 Å². The Morgan fingerprint density at radius 1 is 1.56 bits per heavy atom. The van der Waals surface area contributed by atoms with E-state index in [0.29, 0.717) is 6.42 Å². The Labute approximate surface area is 97.0 Å². The molecule has 0 bridgehead atoms. The van der Waals surface area contributed by atoms with Gasteiger partial charge in [-0.15, -0.1) is 6.58 Å². The first-order chi connectivity index (χ1) is 7.35. The zero-order valence-corrected chi connectivity index (χ0v) is 10.4. The second kappa shape index (κ2) is 4.97. The summed E-state index contributed by atoms with van der Waals surface area (Å²) >= 11 is 0. The van der Waals surface area contributed by atoms with Crippen molar-refractivity contribution in [3.05, 3.63) is 12.7 Å². The van der Waals surface area contributed by atoms with Crippen LogP contribution in [0.25, 0.3) is 0 Å². The zero-order chi connectivity index (χ0) is 12.3. The van der Waals surface area contributed by atoms with Crippen LogP contribution in [0.1, 0.15) is 34.1 Å². The van der Waals surface area contributed by atoms with Crippen molar-refractivity contribution in [2.75, 3.05) is 0 Å². The van der Waals surface area contributed by atoms with Gasteiger partial charge in [0.1, 0.15) is 6.10 Å². The predicted octanol–water partition coefficient (Wildman–Crippen LogP) is 1.61. The Morgan fingerprint density at radius 3 is 2.56 bits per heavy atom. The number of carbonyl (C=O) groups excluding carboxylic acids is 1. The Bertz CT molecular complexity index is 275. The molecular weight excluding hydrogens is 206 g/mol. The molecular formula is C12H21NO3. The van der Waals surface area contributed by atoms with Crippen LogP contribution in [0.4, 0.5) is 0 Å². The third-order valence-corrected chi connectivity index (χ3v) is 2.56. The van der Waals surface area contributed by atoms with E-state index < -0.39 is 5.79 Å². The molecule has 16 heavy (non-hydrogen) atoms. The van der Waals surface area contributed by atoms with E-state index in [9.17, 15) is 4.79 Å². The van der Waals surface area contributed by atoms with Crippen molar-refractivity contribution in [2.24, 2.45) is 0 Å². The molecule has 1 rings (SSSR count). The minimum atomic E-state index is -0.581. The summed E-state index contributed by atoms with van der Waals surface area (Å²) < 4.78 is 11.5. The lowest BCUT2D eigenvalue weighted by Gasteiger charge is -2.25. The Balaban J connectivity index is 2.71. The smallest absolute Gasteiger partial charge is 0.217 e. The summed E-state index contributed by atoms with van der Waals surface area (Å²) in [6.45, 7) is 10.9. The highest BCUT2D eigenvalue weighted by molar-refractivity contribution is 5.73. The van der Waals surface area contributed by atoms with Crippen LogP contribution in [0, 0.1) is 0 Å². The van der Waals surface area contributed by atoms with Gasteiger partial charge in [-0.3, -0.25) is 4.79 Å². The first-order valence-corrected chi connectivity index (χ1v) is 5.59. The summed E-state index contributed by atoms with van der Waals surface area (Å²) in [6.07, 6.45) is 2.29. The number of hydrogen-bond acceptors (Lipinski definition) is 3. The van der Waals surface area contributed by atoms with Gasteiger partial charge in [0.15, 0.2) is 5.79 Å². The SMILES string of the molecule is C=CC[C@H](NC(C)=O)[C@@H]1OC(C)(C)O[C@H]1C. The number of amides is 1. The normalized spacial score (nSPS) is 29.8. The molecule has 0 aliphatic carbocycles. The maximum Gasteiger partial charge on any atom is 0.217 e. The summed E-state index contributed by atoms with van der Waals surface area (Å²) in [7, 11) is 0. The minimum Gasteiger partial charge on any atom is -0.351 e. The van der Waals surface area contributed by atoms with Crippen molar-refractivity contribution in [2.45, 2.75) is 58.2 Å². The first kappa shape index (κ1) is 13.2. The lowest BCUT2D eigenvalue weighted by atomic mass is 10.0. The van der Waals surface area contributed by atoms with E-state index in [1.54, 1.807) is 6.08 Å². The summed E-state index contributed by atoms with van der Waals surface area (Å²) in [5.74, 6) is -0.644. The average molecular weight is 227 g/mol. The second-order valence-electron chi connectivity index (χ2n) is 4.64. The highest BCUT2D eigenvalue weighted by Crippen LogP contribution is 2.30. The zero-order valence-electron chi connectivity index (χ0n) is 10.4. The average Bonchev–Trinajstić information content (AvgIpc) is 2.38. The van der Waals surface area contributed by atoms with Gasteiger partial charge >= 0.3 is 0 Å². The van der Waals surface area contributed by atoms with E-state index in [4.69, 9.17) is 9.47 Å². The van der Waals surface area contributed by atoms with E-state index in [1.807, 2.05) is 20.8 Å². The summed E-state index contributed by atoms with van der Waals surface area (Å²) in [5.41, 5.74) is 0. The molecule has 0 radical (unpaired) electrons. The van der Waals surface area contributed by atoms with E-state index in [0.717, 1.165) is 0 Å². The highest BCUT2D eigenvalue weighted by atomic mass is 16.8. The lowest BCUT2D eigenvalue weighted by molar-refractivity contribution is -0.148. The molecule has 1 saturated heterocycles. The van der Waals surface area contributed by atoms with Crippen molar-refractivity contribution >= 4 is 5.91 Å². The molecule has 1 aliphatic rings. The molecule has 1 aliphatic heterocycles. The lowest BCUT2D eigenvalue weighted by Crippen LogP contribution is -2.46. The van der Waals surface area contributed by atoms with E-state index in [1.165, 1.54) is 6.92 Å². The minimum absolute atomic E-state index is 0.0354. The third-order valence-electron chi connectivity index (χ3n) is 2.56. The molecule has 4 nitrogen and oxygen atoms in total. The molecule has 1 amide bonds. The third kappa shape index (κ3) is 3.32. The molecule has 0 aromatic heterocycles.